The van der Waals surface area contributed by atoms with Gasteiger partial charge in [0.25, 0.3) is 0 Å². The topological polar surface area (TPSA) is 46.0 Å². The third-order valence-corrected chi connectivity index (χ3v) is 2.59. The molecule has 1 aromatic heterocycles. The number of aromatic nitrogens is 2. The summed E-state index contributed by atoms with van der Waals surface area (Å²) < 4.78 is 0. The molecule has 3 nitrogen and oxygen atoms in total. The summed E-state index contributed by atoms with van der Waals surface area (Å²) in [6.45, 7) is 2.09. The zero-order chi connectivity index (χ0) is 8.60. The lowest BCUT2D eigenvalue weighted by Crippen LogP contribution is -2.10. The molecule has 1 aromatic rings. The van der Waals surface area contributed by atoms with E-state index in [0.29, 0.717) is 5.92 Å². The van der Waals surface area contributed by atoms with Gasteiger partial charge in [0.15, 0.2) is 0 Å². The fraction of sp³-hybridized carbons (Fsp3) is 0.556. The van der Waals surface area contributed by atoms with Crippen LogP contribution in [0.25, 0.3) is 0 Å². The number of hydrogen-bond donors (Lipinski definition) is 1. The van der Waals surface area contributed by atoms with E-state index < -0.39 is 5.60 Å². The highest BCUT2D eigenvalue weighted by atomic mass is 16.3. The summed E-state index contributed by atoms with van der Waals surface area (Å²) in [5.41, 5.74) is 0.127. The summed E-state index contributed by atoms with van der Waals surface area (Å²) in [6.07, 6.45) is 5.02. The van der Waals surface area contributed by atoms with Crippen molar-refractivity contribution in [3.63, 3.8) is 0 Å². The molecule has 0 radical (unpaired) electrons. The van der Waals surface area contributed by atoms with Gasteiger partial charge >= 0.3 is 0 Å². The van der Waals surface area contributed by atoms with E-state index in [1.807, 2.05) is 0 Å². The van der Waals surface area contributed by atoms with Crippen LogP contribution in [0.3, 0.4) is 0 Å². The molecule has 64 valence electrons. The number of rotatable bonds is 2. The van der Waals surface area contributed by atoms with Crippen molar-refractivity contribution in [2.75, 3.05) is 0 Å². The molecule has 0 saturated heterocycles. The third-order valence-electron chi connectivity index (χ3n) is 2.59. The van der Waals surface area contributed by atoms with Gasteiger partial charge in [0.1, 0.15) is 11.9 Å². The van der Waals surface area contributed by atoms with Crippen molar-refractivity contribution in [1.82, 2.24) is 9.97 Å². The van der Waals surface area contributed by atoms with Gasteiger partial charge in [-0.3, -0.25) is 0 Å². The molecule has 2 unspecified atom stereocenters. The summed E-state index contributed by atoms with van der Waals surface area (Å²) in [6, 6.07) is 1.79. The molecule has 2 atom stereocenters. The van der Waals surface area contributed by atoms with Crippen LogP contribution in [-0.4, -0.2) is 15.1 Å². The Balaban J connectivity index is 2.23. The molecule has 1 fully saturated rings. The average Bonchev–Trinajstić information content (AvgIpc) is 2.81. The molecular weight excluding hydrogens is 152 g/mol. The van der Waals surface area contributed by atoms with Crippen LogP contribution in [0, 0.1) is 5.92 Å². The van der Waals surface area contributed by atoms with E-state index in [4.69, 9.17) is 0 Å². The summed E-state index contributed by atoms with van der Waals surface area (Å²) in [5.74, 6) is 0.396. The van der Waals surface area contributed by atoms with E-state index in [9.17, 15) is 5.11 Å². The first kappa shape index (κ1) is 7.68. The molecule has 0 aliphatic heterocycles. The largest absolute Gasteiger partial charge is 0.383 e. The molecular formula is C9H12N2O. The van der Waals surface area contributed by atoms with Gasteiger partial charge in [-0.15, -0.1) is 0 Å². The van der Waals surface area contributed by atoms with Gasteiger partial charge in [0.05, 0.1) is 5.69 Å². The third kappa shape index (κ3) is 1.01. The van der Waals surface area contributed by atoms with Crippen LogP contribution >= 0.6 is 0 Å². The van der Waals surface area contributed by atoms with E-state index >= 15 is 0 Å². The Labute approximate surface area is 71.5 Å². The van der Waals surface area contributed by atoms with Crippen LogP contribution in [0.2, 0.25) is 0 Å². The zero-order valence-corrected chi connectivity index (χ0v) is 7.07. The Kier molecular flexibility index (Phi) is 1.61. The first-order valence-electron chi connectivity index (χ1n) is 4.26. The summed E-state index contributed by atoms with van der Waals surface area (Å²) in [5, 5.41) is 9.97. The van der Waals surface area contributed by atoms with E-state index in [1.165, 1.54) is 6.33 Å². The lowest BCUT2D eigenvalue weighted by atomic mass is 10.1. The molecule has 1 saturated carbocycles. The van der Waals surface area contributed by atoms with Crippen molar-refractivity contribution in [2.24, 2.45) is 5.92 Å². The van der Waals surface area contributed by atoms with Gasteiger partial charge in [0.2, 0.25) is 0 Å². The van der Waals surface area contributed by atoms with Gasteiger partial charge in [0, 0.05) is 6.20 Å². The second-order valence-electron chi connectivity index (χ2n) is 3.33. The van der Waals surface area contributed by atoms with Crippen molar-refractivity contribution in [2.45, 2.75) is 25.4 Å². The molecule has 1 N–H and O–H groups in total. The average molecular weight is 164 g/mol. The van der Waals surface area contributed by atoms with Crippen molar-refractivity contribution in [1.29, 1.82) is 0 Å². The normalized spacial score (nSPS) is 33.3. The molecule has 2 rings (SSSR count). The predicted octanol–water partition coefficient (Wildman–Crippen LogP) is 1.09. The minimum Gasteiger partial charge on any atom is -0.383 e. The van der Waals surface area contributed by atoms with Crippen LogP contribution in [0.5, 0.6) is 0 Å². The predicted molar refractivity (Wildman–Crippen MR) is 44.3 cm³/mol. The van der Waals surface area contributed by atoms with E-state index in [0.717, 1.165) is 18.5 Å². The van der Waals surface area contributed by atoms with Crippen LogP contribution in [-0.2, 0) is 5.60 Å². The Morgan fingerprint density at radius 3 is 3.08 bits per heavy atom. The van der Waals surface area contributed by atoms with Crippen LogP contribution in [0.4, 0.5) is 0 Å². The van der Waals surface area contributed by atoms with Gasteiger partial charge in [-0.2, -0.15) is 0 Å². The standard InChI is InChI=1S/C9H12N2O/c1-2-7-5-9(7,12)8-3-4-10-6-11-8/h3-4,6-7,12H,2,5H2,1H3. The molecule has 0 aromatic carbocycles. The zero-order valence-electron chi connectivity index (χ0n) is 7.07. The first-order chi connectivity index (χ1) is 5.77. The Morgan fingerprint density at radius 2 is 2.58 bits per heavy atom. The monoisotopic (exact) mass is 164 g/mol. The highest BCUT2D eigenvalue weighted by Crippen LogP contribution is 2.52. The van der Waals surface area contributed by atoms with Gasteiger partial charge < -0.3 is 5.11 Å². The van der Waals surface area contributed by atoms with Crippen LogP contribution in [0.1, 0.15) is 25.5 Å². The van der Waals surface area contributed by atoms with E-state index in [-0.39, 0.29) is 0 Å². The van der Waals surface area contributed by atoms with Crippen molar-refractivity contribution in [3.05, 3.63) is 24.3 Å². The maximum absolute atomic E-state index is 9.97. The molecule has 0 spiro atoms. The van der Waals surface area contributed by atoms with Crippen LogP contribution < -0.4 is 0 Å². The lowest BCUT2D eigenvalue weighted by molar-refractivity contribution is 0.125. The fourth-order valence-electron chi connectivity index (χ4n) is 1.66. The van der Waals surface area contributed by atoms with Gasteiger partial charge in [-0.1, -0.05) is 13.3 Å². The molecule has 12 heavy (non-hydrogen) atoms. The second-order valence-corrected chi connectivity index (χ2v) is 3.33. The highest BCUT2D eigenvalue weighted by molar-refractivity contribution is 5.20. The SMILES string of the molecule is CCC1CC1(O)c1ccncn1. The molecule has 1 heterocycles. The Morgan fingerprint density at radius 1 is 1.75 bits per heavy atom. The Hall–Kier alpha value is -0.960. The number of nitrogens with zero attached hydrogens (tertiary/aromatic N) is 2. The van der Waals surface area contributed by atoms with Gasteiger partial charge in [-0.05, 0) is 18.4 Å². The molecule has 3 heteroatoms. The maximum Gasteiger partial charge on any atom is 0.115 e. The molecule has 0 amide bonds. The lowest BCUT2D eigenvalue weighted by Gasteiger charge is -2.07. The smallest absolute Gasteiger partial charge is 0.115 e. The summed E-state index contributed by atoms with van der Waals surface area (Å²) >= 11 is 0. The minimum absolute atomic E-state index is 0.396. The van der Waals surface area contributed by atoms with E-state index in [1.54, 1.807) is 12.3 Å². The minimum atomic E-state index is -0.641. The first-order valence-corrected chi connectivity index (χ1v) is 4.26. The van der Waals surface area contributed by atoms with Crippen molar-refractivity contribution >= 4 is 0 Å². The van der Waals surface area contributed by atoms with Crippen molar-refractivity contribution < 1.29 is 5.11 Å². The summed E-state index contributed by atoms with van der Waals surface area (Å²) in [4.78, 5) is 7.86. The Bertz CT molecular complexity index is 275. The van der Waals surface area contributed by atoms with Crippen LogP contribution in [0.15, 0.2) is 18.6 Å². The second kappa shape index (κ2) is 2.52. The van der Waals surface area contributed by atoms with Gasteiger partial charge in [-0.25, -0.2) is 9.97 Å². The van der Waals surface area contributed by atoms with Crippen molar-refractivity contribution in [3.8, 4) is 0 Å². The number of hydrogen-bond acceptors (Lipinski definition) is 3. The fourth-order valence-corrected chi connectivity index (χ4v) is 1.66. The maximum atomic E-state index is 9.97. The quantitative estimate of drug-likeness (QED) is 0.711. The molecule has 1 aliphatic rings. The van der Waals surface area contributed by atoms with E-state index in [2.05, 4.69) is 16.9 Å². The molecule has 0 bridgehead atoms. The number of aliphatic hydroxyl groups is 1. The molecule has 1 aliphatic carbocycles. The summed E-state index contributed by atoms with van der Waals surface area (Å²) in [7, 11) is 0. The highest BCUT2D eigenvalue weighted by Gasteiger charge is 2.53.